The van der Waals surface area contributed by atoms with E-state index in [-0.39, 0.29) is 5.41 Å². The average molecular weight is 260 g/mol. The molecule has 0 amide bonds. The van der Waals surface area contributed by atoms with Crippen LogP contribution in [0.5, 0.6) is 0 Å². The molecule has 1 aromatic rings. The van der Waals surface area contributed by atoms with Crippen LogP contribution in [0.15, 0.2) is 12.1 Å². The zero-order valence-electron chi connectivity index (χ0n) is 13.1. The predicted molar refractivity (Wildman–Crippen MR) is 82.3 cm³/mol. The summed E-state index contributed by atoms with van der Waals surface area (Å²) in [5, 5.41) is 0. The largest absolute Gasteiger partial charge is 0.327 e. The first-order valence-electron chi connectivity index (χ1n) is 7.34. The topological polar surface area (TPSA) is 29.3 Å². The van der Waals surface area contributed by atoms with Crippen molar-refractivity contribution in [3.8, 4) is 0 Å². The van der Waals surface area contributed by atoms with E-state index in [1.165, 1.54) is 22.3 Å². The molecule has 0 saturated carbocycles. The summed E-state index contributed by atoms with van der Waals surface area (Å²) in [7, 11) is 0. The van der Waals surface area contributed by atoms with Gasteiger partial charge in [0.05, 0.1) is 0 Å². The molecule has 2 rings (SSSR count). The average Bonchev–Trinajstić information content (AvgIpc) is 2.28. The first-order chi connectivity index (χ1) is 8.79. The van der Waals surface area contributed by atoms with Crippen LogP contribution >= 0.6 is 0 Å². The van der Waals surface area contributed by atoms with Gasteiger partial charge in [-0.25, -0.2) is 0 Å². The Morgan fingerprint density at radius 3 is 2.32 bits per heavy atom. The number of aryl methyl sites for hydroxylation is 3. The maximum absolute atomic E-state index is 6.22. The Labute approximate surface area is 118 Å². The van der Waals surface area contributed by atoms with Crippen molar-refractivity contribution in [2.75, 3.05) is 13.1 Å². The number of rotatable bonds is 2. The highest BCUT2D eigenvalue weighted by Gasteiger charge is 2.33. The van der Waals surface area contributed by atoms with Crippen molar-refractivity contribution in [3.63, 3.8) is 0 Å². The molecule has 106 valence electrons. The van der Waals surface area contributed by atoms with E-state index in [4.69, 9.17) is 5.73 Å². The van der Waals surface area contributed by atoms with Crippen LogP contribution in [0.2, 0.25) is 0 Å². The normalized spacial score (nSPS) is 23.6. The van der Waals surface area contributed by atoms with Crippen molar-refractivity contribution < 1.29 is 0 Å². The molecule has 0 aliphatic carbocycles. The second-order valence-corrected chi connectivity index (χ2v) is 6.97. The Hall–Kier alpha value is -0.860. The summed E-state index contributed by atoms with van der Waals surface area (Å²) in [4.78, 5) is 2.56. The number of hydrogen-bond acceptors (Lipinski definition) is 2. The third kappa shape index (κ3) is 3.18. The summed E-state index contributed by atoms with van der Waals surface area (Å²) < 4.78 is 0. The van der Waals surface area contributed by atoms with E-state index in [2.05, 4.69) is 51.7 Å². The fourth-order valence-corrected chi connectivity index (χ4v) is 3.30. The molecular formula is C17H28N2. The number of piperidine rings is 1. The quantitative estimate of drug-likeness (QED) is 0.885. The highest BCUT2D eigenvalue weighted by molar-refractivity contribution is 5.37. The first kappa shape index (κ1) is 14.5. The maximum Gasteiger partial charge on any atom is 0.0239 e. The molecular weight excluding hydrogens is 232 g/mol. The summed E-state index contributed by atoms with van der Waals surface area (Å²) in [6.45, 7) is 14.5. The zero-order valence-corrected chi connectivity index (χ0v) is 13.1. The standard InChI is InChI=1S/C17H28N2/c1-12-8-13(2)15(14(3)9-12)10-19-7-6-16(18)17(4,5)11-19/h8-9,16H,6-7,10-11,18H2,1-5H3. The molecule has 2 N–H and O–H groups in total. The molecule has 2 heteroatoms. The highest BCUT2D eigenvalue weighted by Crippen LogP contribution is 2.29. The Morgan fingerprint density at radius 1 is 1.21 bits per heavy atom. The third-order valence-electron chi connectivity index (χ3n) is 4.61. The minimum Gasteiger partial charge on any atom is -0.327 e. The Morgan fingerprint density at radius 2 is 1.79 bits per heavy atom. The molecule has 1 aromatic carbocycles. The molecule has 0 spiro atoms. The van der Waals surface area contributed by atoms with E-state index in [9.17, 15) is 0 Å². The van der Waals surface area contributed by atoms with Crippen LogP contribution in [0.3, 0.4) is 0 Å². The van der Waals surface area contributed by atoms with E-state index in [0.29, 0.717) is 6.04 Å². The monoisotopic (exact) mass is 260 g/mol. The molecule has 1 unspecified atom stereocenters. The SMILES string of the molecule is Cc1cc(C)c(CN2CCC(N)C(C)(C)C2)c(C)c1. The smallest absolute Gasteiger partial charge is 0.0239 e. The maximum atomic E-state index is 6.22. The molecule has 1 aliphatic heterocycles. The van der Waals surface area contributed by atoms with Gasteiger partial charge in [0.15, 0.2) is 0 Å². The minimum atomic E-state index is 0.227. The molecule has 2 nitrogen and oxygen atoms in total. The van der Waals surface area contributed by atoms with Crippen molar-refractivity contribution in [2.45, 2.75) is 53.6 Å². The summed E-state index contributed by atoms with van der Waals surface area (Å²) in [6, 6.07) is 4.93. The van der Waals surface area contributed by atoms with Gasteiger partial charge in [-0.05, 0) is 49.3 Å². The Balaban J connectivity index is 2.14. The van der Waals surface area contributed by atoms with Gasteiger partial charge >= 0.3 is 0 Å². The van der Waals surface area contributed by atoms with Gasteiger partial charge in [0.1, 0.15) is 0 Å². The van der Waals surface area contributed by atoms with Crippen LogP contribution in [0.1, 0.15) is 42.5 Å². The van der Waals surface area contributed by atoms with Gasteiger partial charge in [-0.15, -0.1) is 0 Å². The Bertz CT molecular complexity index is 439. The lowest BCUT2D eigenvalue weighted by Gasteiger charge is -2.43. The number of likely N-dealkylation sites (tertiary alicyclic amines) is 1. The molecule has 1 aliphatic rings. The highest BCUT2D eigenvalue weighted by atomic mass is 15.1. The molecule has 0 bridgehead atoms. The molecule has 1 saturated heterocycles. The first-order valence-corrected chi connectivity index (χ1v) is 7.34. The van der Waals surface area contributed by atoms with Crippen LogP contribution in [-0.4, -0.2) is 24.0 Å². The van der Waals surface area contributed by atoms with Gasteiger partial charge in [-0.3, -0.25) is 4.90 Å². The minimum absolute atomic E-state index is 0.227. The zero-order chi connectivity index (χ0) is 14.2. The lowest BCUT2D eigenvalue weighted by molar-refractivity contribution is 0.0896. The van der Waals surface area contributed by atoms with Gasteiger partial charge in [-0.2, -0.15) is 0 Å². The Kier molecular flexibility index (Phi) is 4.03. The van der Waals surface area contributed by atoms with Gasteiger partial charge in [0.2, 0.25) is 0 Å². The van der Waals surface area contributed by atoms with Gasteiger partial charge in [0.25, 0.3) is 0 Å². The van der Waals surface area contributed by atoms with Gasteiger partial charge in [-0.1, -0.05) is 31.5 Å². The number of nitrogens with two attached hydrogens (primary N) is 1. The molecule has 1 atom stereocenters. The van der Waals surface area contributed by atoms with Crippen molar-refractivity contribution >= 4 is 0 Å². The van der Waals surface area contributed by atoms with Crippen molar-refractivity contribution in [2.24, 2.45) is 11.1 Å². The van der Waals surface area contributed by atoms with Crippen LogP contribution in [0.25, 0.3) is 0 Å². The van der Waals surface area contributed by atoms with Crippen LogP contribution in [0, 0.1) is 26.2 Å². The number of hydrogen-bond donors (Lipinski definition) is 1. The molecule has 1 heterocycles. The van der Waals surface area contributed by atoms with Crippen LogP contribution < -0.4 is 5.73 Å². The summed E-state index contributed by atoms with van der Waals surface area (Å²) in [5.41, 5.74) is 12.1. The van der Waals surface area contributed by atoms with E-state index in [0.717, 1.165) is 26.1 Å². The summed E-state index contributed by atoms with van der Waals surface area (Å²) in [6.07, 6.45) is 1.11. The van der Waals surface area contributed by atoms with Crippen molar-refractivity contribution in [1.29, 1.82) is 0 Å². The lowest BCUT2D eigenvalue weighted by atomic mass is 9.79. The van der Waals surface area contributed by atoms with Crippen molar-refractivity contribution in [3.05, 3.63) is 34.4 Å². The predicted octanol–water partition coefficient (Wildman–Crippen LogP) is 3.17. The fourth-order valence-electron chi connectivity index (χ4n) is 3.30. The number of benzene rings is 1. The van der Waals surface area contributed by atoms with Gasteiger partial charge < -0.3 is 5.73 Å². The third-order valence-corrected chi connectivity index (χ3v) is 4.61. The van der Waals surface area contributed by atoms with E-state index < -0.39 is 0 Å². The van der Waals surface area contributed by atoms with Crippen molar-refractivity contribution in [1.82, 2.24) is 4.90 Å². The van der Waals surface area contributed by atoms with Crippen LogP contribution in [0.4, 0.5) is 0 Å². The second kappa shape index (κ2) is 5.26. The molecule has 0 radical (unpaired) electrons. The van der Waals surface area contributed by atoms with Gasteiger partial charge in [0, 0.05) is 25.7 Å². The summed E-state index contributed by atoms with van der Waals surface area (Å²) >= 11 is 0. The molecule has 19 heavy (non-hydrogen) atoms. The van der Waals surface area contributed by atoms with Crippen LogP contribution in [-0.2, 0) is 6.54 Å². The molecule has 1 fully saturated rings. The van der Waals surface area contributed by atoms with E-state index in [1.54, 1.807) is 0 Å². The fraction of sp³-hybridized carbons (Fsp3) is 0.647. The second-order valence-electron chi connectivity index (χ2n) is 6.97. The van der Waals surface area contributed by atoms with E-state index >= 15 is 0 Å². The molecule has 0 aromatic heterocycles. The number of nitrogens with zero attached hydrogens (tertiary/aromatic N) is 1. The lowest BCUT2D eigenvalue weighted by Crippen LogP contribution is -2.52. The van der Waals surface area contributed by atoms with E-state index in [1.807, 2.05) is 0 Å². The summed E-state index contributed by atoms with van der Waals surface area (Å²) in [5.74, 6) is 0.